The molecule has 0 aliphatic carbocycles. The number of nitrogens with one attached hydrogen (secondary N) is 1. The number of nitrogens with zero attached hydrogens (tertiary/aromatic N) is 4. The van der Waals surface area contributed by atoms with Gasteiger partial charge in [-0.2, -0.15) is 0 Å². The van der Waals surface area contributed by atoms with E-state index in [-0.39, 0.29) is 0 Å². The maximum Gasteiger partial charge on any atom is 0.209 e. The molecule has 0 bridgehead atoms. The summed E-state index contributed by atoms with van der Waals surface area (Å²) in [6.45, 7) is 10.4. The van der Waals surface area contributed by atoms with E-state index in [1.165, 1.54) is 0 Å². The van der Waals surface area contributed by atoms with Crippen LogP contribution in [0.25, 0.3) is 0 Å². The molecular weight excluding hydrogens is 266 g/mol. The summed E-state index contributed by atoms with van der Waals surface area (Å²) in [7, 11) is 0. The molecule has 1 aliphatic rings. The third-order valence-corrected chi connectivity index (χ3v) is 3.64. The van der Waals surface area contributed by atoms with Gasteiger partial charge in [-0.05, 0) is 19.3 Å². The number of amides is 1. The van der Waals surface area contributed by atoms with Crippen molar-refractivity contribution >= 4 is 18.0 Å². The molecule has 0 atom stereocenters. The molecule has 1 aliphatic heterocycles. The highest BCUT2D eigenvalue weighted by Crippen LogP contribution is 2.17. The van der Waals surface area contributed by atoms with Crippen LogP contribution >= 0.6 is 0 Å². The molecule has 21 heavy (non-hydrogen) atoms. The van der Waals surface area contributed by atoms with Crippen LogP contribution < -0.4 is 10.2 Å². The standard InChI is InChI=1S/C15H25N5O/c1-12(2)4-5-16-14-10-15(18-13(3)17-14)20-8-6-19(11-21)7-9-20/h10-12H,4-9H2,1-3H3,(H,16,17,18). The minimum Gasteiger partial charge on any atom is -0.370 e. The van der Waals surface area contributed by atoms with Gasteiger partial charge in [-0.1, -0.05) is 13.8 Å². The number of hydrogen-bond donors (Lipinski definition) is 1. The van der Waals surface area contributed by atoms with Crippen LogP contribution in [-0.2, 0) is 4.79 Å². The smallest absolute Gasteiger partial charge is 0.209 e. The molecule has 6 nitrogen and oxygen atoms in total. The van der Waals surface area contributed by atoms with Gasteiger partial charge < -0.3 is 15.1 Å². The van der Waals surface area contributed by atoms with Crippen molar-refractivity contribution in [1.29, 1.82) is 0 Å². The zero-order valence-electron chi connectivity index (χ0n) is 13.2. The number of rotatable bonds is 6. The Morgan fingerprint density at radius 3 is 2.62 bits per heavy atom. The summed E-state index contributed by atoms with van der Waals surface area (Å²) in [5, 5.41) is 3.37. The van der Waals surface area contributed by atoms with E-state index >= 15 is 0 Å². The van der Waals surface area contributed by atoms with E-state index in [0.717, 1.165) is 63.0 Å². The lowest BCUT2D eigenvalue weighted by molar-refractivity contribution is -0.118. The molecule has 0 saturated carbocycles. The summed E-state index contributed by atoms with van der Waals surface area (Å²) in [5.74, 6) is 3.28. The number of aryl methyl sites for hydroxylation is 1. The monoisotopic (exact) mass is 291 g/mol. The molecule has 0 unspecified atom stereocenters. The second kappa shape index (κ2) is 7.24. The van der Waals surface area contributed by atoms with E-state index in [1.807, 2.05) is 13.0 Å². The maximum absolute atomic E-state index is 10.8. The Bertz CT molecular complexity index is 469. The molecule has 2 rings (SSSR count). The lowest BCUT2D eigenvalue weighted by Crippen LogP contribution is -2.46. The lowest BCUT2D eigenvalue weighted by Gasteiger charge is -2.33. The third kappa shape index (κ3) is 4.58. The molecule has 0 spiro atoms. The minimum absolute atomic E-state index is 0.677. The first-order valence-corrected chi connectivity index (χ1v) is 7.62. The van der Waals surface area contributed by atoms with Crippen LogP contribution in [0.3, 0.4) is 0 Å². The summed E-state index contributed by atoms with van der Waals surface area (Å²) < 4.78 is 0. The molecule has 6 heteroatoms. The van der Waals surface area contributed by atoms with Crippen molar-refractivity contribution in [2.75, 3.05) is 42.9 Å². The van der Waals surface area contributed by atoms with E-state index in [4.69, 9.17) is 0 Å². The van der Waals surface area contributed by atoms with Crippen molar-refractivity contribution in [3.63, 3.8) is 0 Å². The fourth-order valence-electron chi connectivity index (χ4n) is 2.35. The summed E-state index contributed by atoms with van der Waals surface area (Å²) in [4.78, 5) is 23.7. The van der Waals surface area contributed by atoms with Crippen LogP contribution in [0.15, 0.2) is 6.07 Å². The lowest BCUT2D eigenvalue weighted by atomic mass is 10.1. The average Bonchev–Trinajstić information content (AvgIpc) is 2.46. The van der Waals surface area contributed by atoms with Crippen LogP contribution in [0, 0.1) is 12.8 Å². The second-order valence-corrected chi connectivity index (χ2v) is 5.90. The van der Waals surface area contributed by atoms with Gasteiger partial charge in [0.25, 0.3) is 0 Å². The van der Waals surface area contributed by atoms with Crippen molar-refractivity contribution in [1.82, 2.24) is 14.9 Å². The highest BCUT2D eigenvalue weighted by molar-refractivity contribution is 5.52. The topological polar surface area (TPSA) is 61.4 Å². The van der Waals surface area contributed by atoms with Gasteiger partial charge in [0.15, 0.2) is 0 Å². The van der Waals surface area contributed by atoms with Gasteiger partial charge in [0.2, 0.25) is 6.41 Å². The highest BCUT2D eigenvalue weighted by atomic mass is 16.1. The maximum atomic E-state index is 10.8. The first-order chi connectivity index (χ1) is 10.1. The molecule has 0 aromatic carbocycles. The third-order valence-electron chi connectivity index (χ3n) is 3.64. The van der Waals surface area contributed by atoms with Gasteiger partial charge >= 0.3 is 0 Å². The van der Waals surface area contributed by atoms with Gasteiger partial charge in [-0.25, -0.2) is 9.97 Å². The number of carbonyl (C=O) groups excluding carboxylic acids is 1. The summed E-state index contributed by atoms with van der Waals surface area (Å²) in [5.41, 5.74) is 0. The predicted octanol–water partition coefficient (Wildman–Crippen LogP) is 1.52. The number of anilines is 2. The van der Waals surface area contributed by atoms with Crippen LogP contribution in [0.2, 0.25) is 0 Å². The summed E-state index contributed by atoms with van der Waals surface area (Å²) in [6.07, 6.45) is 2.04. The van der Waals surface area contributed by atoms with Gasteiger partial charge in [0, 0.05) is 38.8 Å². The van der Waals surface area contributed by atoms with E-state index in [2.05, 4.69) is 34.0 Å². The Labute approximate surface area is 126 Å². The Morgan fingerprint density at radius 1 is 1.29 bits per heavy atom. The zero-order chi connectivity index (χ0) is 15.2. The molecule has 1 N–H and O–H groups in total. The van der Waals surface area contributed by atoms with Crippen molar-refractivity contribution in [2.24, 2.45) is 5.92 Å². The molecule has 0 radical (unpaired) electrons. The van der Waals surface area contributed by atoms with Crippen molar-refractivity contribution in [3.8, 4) is 0 Å². The SMILES string of the molecule is Cc1nc(NCCC(C)C)cc(N2CCN(C=O)CC2)n1. The number of piperazine rings is 1. The van der Waals surface area contributed by atoms with Gasteiger partial charge in [0.05, 0.1) is 0 Å². The Balaban J connectivity index is 1.99. The molecule has 2 heterocycles. The zero-order valence-corrected chi connectivity index (χ0v) is 13.2. The predicted molar refractivity (Wildman–Crippen MR) is 84.6 cm³/mol. The quantitative estimate of drug-likeness (QED) is 0.805. The largest absolute Gasteiger partial charge is 0.370 e. The number of hydrogen-bond acceptors (Lipinski definition) is 5. The van der Waals surface area contributed by atoms with Crippen LogP contribution in [0.5, 0.6) is 0 Å². The number of carbonyl (C=O) groups is 1. The van der Waals surface area contributed by atoms with E-state index in [0.29, 0.717) is 5.92 Å². The summed E-state index contributed by atoms with van der Waals surface area (Å²) in [6, 6.07) is 2.00. The summed E-state index contributed by atoms with van der Waals surface area (Å²) >= 11 is 0. The molecule has 116 valence electrons. The molecular formula is C15H25N5O. The minimum atomic E-state index is 0.677. The Morgan fingerprint density at radius 2 is 2.00 bits per heavy atom. The average molecular weight is 291 g/mol. The van der Waals surface area contributed by atoms with E-state index in [1.54, 1.807) is 4.90 Å². The second-order valence-electron chi connectivity index (χ2n) is 5.90. The van der Waals surface area contributed by atoms with Gasteiger partial charge in [-0.3, -0.25) is 4.79 Å². The molecule has 1 amide bonds. The normalized spacial score (nSPS) is 15.4. The first-order valence-electron chi connectivity index (χ1n) is 7.62. The van der Waals surface area contributed by atoms with Crippen LogP contribution in [-0.4, -0.2) is 54.0 Å². The molecule has 1 fully saturated rings. The van der Waals surface area contributed by atoms with Crippen LogP contribution in [0.1, 0.15) is 26.1 Å². The van der Waals surface area contributed by atoms with Crippen molar-refractivity contribution in [2.45, 2.75) is 27.2 Å². The van der Waals surface area contributed by atoms with Gasteiger partial charge in [-0.15, -0.1) is 0 Å². The fourth-order valence-corrected chi connectivity index (χ4v) is 2.35. The molecule has 1 aromatic rings. The fraction of sp³-hybridized carbons (Fsp3) is 0.667. The van der Waals surface area contributed by atoms with Crippen molar-refractivity contribution in [3.05, 3.63) is 11.9 Å². The Hall–Kier alpha value is -1.85. The first kappa shape index (κ1) is 15.5. The van der Waals surface area contributed by atoms with Gasteiger partial charge in [0.1, 0.15) is 17.5 Å². The molecule has 1 aromatic heterocycles. The van der Waals surface area contributed by atoms with E-state index in [9.17, 15) is 4.79 Å². The highest BCUT2D eigenvalue weighted by Gasteiger charge is 2.17. The number of aromatic nitrogens is 2. The van der Waals surface area contributed by atoms with Crippen molar-refractivity contribution < 1.29 is 4.79 Å². The van der Waals surface area contributed by atoms with E-state index < -0.39 is 0 Å². The molecule has 1 saturated heterocycles. The Kier molecular flexibility index (Phi) is 5.36. The van der Waals surface area contributed by atoms with Crippen LogP contribution in [0.4, 0.5) is 11.6 Å².